The quantitative estimate of drug-likeness (QED) is 0.777. The van der Waals surface area contributed by atoms with Gasteiger partial charge in [0.05, 0.1) is 5.60 Å². The van der Waals surface area contributed by atoms with Crippen LogP contribution in [0.5, 0.6) is 0 Å². The molecule has 0 heterocycles. The first kappa shape index (κ1) is 12.6. The second kappa shape index (κ2) is 4.45. The lowest BCUT2D eigenvalue weighted by molar-refractivity contribution is -0.0336. The SMILES string of the molecule is Cc1cc(C)cc(C2(O)CCC(C)C(C)C2)c1. The van der Waals surface area contributed by atoms with Crippen molar-refractivity contribution in [2.24, 2.45) is 11.8 Å². The molecule has 0 spiro atoms. The summed E-state index contributed by atoms with van der Waals surface area (Å²) in [6.45, 7) is 8.77. The Morgan fingerprint density at radius 1 is 1.06 bits per heavy atom. The van der Waals surface area contributed by atoms with Crippen molar-refractivity contribution < 1.29 is 5.11 Å². The normalized spacial score (nSPS) is 33.7. The van der Waals surface area contributed by atoms with E-state index in [1.54, 1.807) is 0 Å². The van der Waals surface area contributed by atoms with E-state index in [4.69, 9.17) is 0 Å². The maximum Gasteiger partial charge on any atom is 0.0899 e. The van der Waals surface area contributed by atoms with Crippen molar-refractivity contribution in [3.8, 4) is 0 Å². The minimum absolute atomic E-state index is 0.595. The average Bonchev–Trinajstić information content (AvgIpc) is 2.23. The van der Waals surface area contributed by atoms with Crippen LogP contribution in [-0.4, -0.2) is 5.11 Å². The fourth-order valence-corrected chi connectivity index (χ4v) is 3.09. The van der Waals surface area contributed by atoms with Crippen molar-refractivity contribution in [3.63, 3.8) is 0 Å². The van der Waals surface area contributed by atoms with Gasteiger partial charge in [-0.15, -0.1) is 0 Å². The minimum atomic E-state index is -0.595. The lowest BCUT2D eigenvalue weighted by Crippen LogP contribution is -2.35. The Labute approximate surface area is 105 Å². The third kappa shape index (κ3) is 2.55. The standard InChI is InChI=1S/C16H24O/c1-11-7-12(2)9-15(8-11)16(17)6-5-13(3)14(4)10-16/h7-9,13-14,17H,5-6,10H2,1-4H3. The molecule has 17 heavy (non-hydrogen) atoms. The average molecular weight is 232 g/mol. The zero-order valence-corrected chi connectivity index (χ0v) is 11.5. The maximum absolute atomic E-state index is 10.9. The number of aliphatic hydroxyl groups is 1. The molecule has 1 aliphatic rings. The van der Waals surface area contributed by atoms with Crippen LogP contribution in [0.4, 0.5) is 0 Å². The van der Waals surface area contributed by atoms with Crippen LogP contribution in [0, 0.1) is 25.7 Å². The Hall–Kier alpha value is -0.820. The van der Waals surface area contributed by atoms with Crippen LogP contribution in [0.3, 0.4) is 0 Å². The van der Waals surface area contributed by atoms with E-state index >= 15 is 0 Å². The predicted octanol–water partition coefficient (Wildman–Crippen LogP) is 3.95. The van der Waals surface area contributed by atoms with Crippen molar-refractivity contribution >= 4 is 0 Å². The molecule has 1 nitrogen and oxygen atoms in total. The summed E-state index contributed by atoms with van der Waals surface area (Å²) < 4.78 is 0. The molecule has 1 saturated carbocycles. The Bertz CT molecular complexity index is 390. The summed E-state index contributed by atoms with van der Waals surface area (Å²) in [6, 6.07) is 6.47. The van der Waals surface area contributed by atoms with Gasteiger partial charge < -0.3 is 5.11 Å². The van der Waals surface area contributed by atoms with E-state index in [-0.39, 0.29) is 0 Å². The van der Waals surface area contributed by atoms with Crippen LogP contribution in [-0.2, 0) is 5.60 Å². The van der Waals surface area contributed by atoms with Crippen LogP contribution in [0.15, 0.2) is 18.2 Å². The second-order valence-electron chi connectivity index (χ2n) is 6.11. The molecule has 1 heteroatoms. The smallest absolute Gasteiger partial charge is 0.0899 e. The van der Waals surface area contributed by atoms with Crippen LogP contribution in [0.1, 0.15) is 49.8 Å². The van der Waals surface area contributed by atoms with E-state index in [0.717, 1.165) is 30.7 Å². The molecule has 94 valence electrons. The number of aryl methyl sites for hydroxylation is 2. The molecule has 2 rings (SSSR count). The molecule has 0 saturated heterocycles. The summed E-state index contributed by atoms with van der Waals surface area (Å²) >= 11 is 0. The third-order valence-electron chi connectivity index (χ3n) is 4.40. The van der Waals surface area contributed by atoms with Gasteiger partial charge in [-0.05, 0) is 50.5 Å². The highest BCUT2D eigenvalue weighted by molar-refractivity contribution is 5.32. The third-order valence-corrected chi connectivity index (χ3v) is 4.40. The van der Waals surface area contributed by atoms with Crippen molar-refractivity contribution in [1.29, 1.82) is 0 Å². The largest absolute Gasteiger partial charge is 0.385 e. The molecule has 0 amide bonds. The molecular weight excluding hydrogens is 208 g/mol. The van der Waals surface area contributed by atoms with Crippen LogP contribution in [0.2, 0.25) is 0 Å². The number of hydrogen-bond acceptors (Lipinski definition) is 1. The van der Waals surface area contributed by atoms with E-state index in [2.05, 4.69) is 45.9 Å². The molecule has 0 aliphatic heterocycles. The first-order valence-corrected chi connectivity index (χ1v) is 6.72. The van der Waals surface area contributed by atoms with E-state index in [0.29, 0.717) is 5.92 Å². The predicted molar refractivity (Wildman–Crippen MR) is 72.0 cm³/mol. The fraction of sp³-hybridized carbons (Fsp3) is 0.625. The summed E-state index contributed by atoms with van der Waals surface area (Å²) in [7, 11) is 0. The first-order valence-electron chi connectivity index (χ1n) is 6.72. The van der Waals surface area contributed by atoms with Crippen LogP contribution >= 0.6 is 0 Å². The Balaban J connectivity index is 2.31. The van der Waals surface area contributed by atoms with Crippen molar-refractivity contribution in [2.75, 3.05) is 0 Å². The van der Waals surface area contributed by atoms with Gasteiger partial charge in [0.2, 0.25) is 0 Å². The van der Waals surface area contributed by atoms with Crippen molar-refractivity contribution in [1.82, 2.24) is 0 Å². The highest BCUT2D eigenvalue weighted by Crippen LogP contribution is 2.42. The molecule has 1 aliphatic carbocycles. The Morgan fingerprint density at radius 3 is 2.18 bits per heavy atom. The molecule has 0 bridgehead atoms. The van der Waals surface area contributed by atoms with Gasteiger partial charge >= 0.3 is 0 Å². The molecule has 1 aromatic rings. The van der Waals surface area contributed by atoms with Crippen LogP contribution in [0.25, 0.3) is 0 Å². The van der Waals surface area contributed by atoms with Crippen molar-refractivity contribution in [3.05, 3.63) is 34.9 Å². The van der Waals surface area contributed by atoms with Gasteiger partial charge in [-0.1, -0.05) is 43.2 Å². The van der Waals surface area contributed by atoms with Gasteiger partial charge in [0.1, 0.15) is 0 Å². The van der Waals surface area contributed by atoms with Gasteiger partial charge in [-0.25, -0.2) is 0 Å². The molecule has 1 N–H and O–H groups in total. The van der Waals surface area contributed by atoms with Gasteiger partial charge in [-0.2, -0.15) is 0 Å². The summed E-state index contributed by atoms with van der Waals surface area (Å²) in [4.78, 5) is 0. The van der Waals surface area contributed by atoms with Crippen molar-refractivity contribution in [2.45, 2.75) is 52.6 Å². The number of rotatable bonds is 1. The van der Waals surface area contributed by atoms with E-state index < -0.39 is 5.60 Å². The highest BCUT2D eigenvalue weighted by atomic mass is 16.3. The molecule has 3 unspecified atom stereocenters. The minimum Gasteiger partial charge on any atom is -0.385 e. The number of hydrogen-bond donors (Lipinski definition) is 1. The molecule has 1 aromatic carbocycles. The summed E-state index contributed by atoms with van der Waals surface area (Å²) in [5, 5.41) is 10.9. The Kier molecular flexibility index (Phi) is 3.31. The van der Waals surface area contributed by atoms with E-state index in [1.807, 2.05) is 0 Å². The van der Waals surface area contributed by atoms with Gasteiger partial charge in [-0.3, -0.25) is 0 Å². The van der Waals surface area contributed by atoms with Gasteiger partial charge in [0.25, 0.3) is 0 Å². The van der Waals surface area contributed by atoms with E-state index in [1.165, 1.54) is 11.1 Å². The zero-order valence-electron chi connectivity index (χ0n) is 11.5. The summed E-state index contributed by atoms with van der Waals surface area (Å²) in [6.07, 6.45) is 2.93. The maximum atomic E-state index is 10.9. The lowest BCUT2D eigenvalue weighted by Gasteiger charge is -2.39. The monoisotopic (exact) mass is 232 g/mol. The van der Waals surface area contributed by atoms with Crippen LogP contribution < -0.4 is 0 Å². The Morgan fingerprint density at radius 2 is 1.65 bits per heavy atom. The summed E-state index contributed by atoms with van der Waals surface area (Å²) in [5.41, 5.74) is 3.02. The van der Waals surface area contributed by atoms with Gasteiger partial charge in [0.15, 0.2) is 0 Å². The molecule has 0 radical (unpaired) electrons. The van der Waals surface area contributed by atoms with E-state index in [9.17, 15) is 5.11 Å². The molecule has 3 atom stereocenters. The number of benzene rings is 1. The lowest BCUT2D eigenvalue weighted by atomic mass is 9.70. The second-order valence-corrected chi connectivity index (χ2v) is 6.11. The highest BCUT2D eigenvalue weighted by Gasteiger charge is 2.37. The summed E-state index contributed by atoms with van der Waals surface area (Å²) in [5.74, 6) is 1.34. The topological polar surface area (TPSA) is 20.2 Å². The molecule has 0 aromatic heterocycles. The molecule has 1 fully saturated rings. The molecular formula is C16H24O. The fourth-order valence-electron chi connectivity index (χ4n) is 3.09. The first-order chi connectivity index (χ1) is 7.90. The van der Waals surface area contributed by atoms with Gasteiger partial charge in [0, 0.05) is 0 Å². The zero-order chi connectivity index (χ0) is 12.6.